The van der Waals surface area contributed by atoms with Crippen LogP contribution in [-0.4, -0.2) is 59.6 Å². The van der Waals surface area contributed by atoms with E-state index < -0.39 is 15.6 Å². The van der Waals surface area contributed by atoms with Gasteiger partial charge in [-0.1, -0.05) is 0 Å². The highest BCUT2D eigenvalue weighted by molar-refractivity contribution is 7.89. The third-order valence-electron chi connectivity index (χ3n) is 6.50. The van der Waals surface area contributed by atoms with Crippen LogP contribution in [-0.2, 0) is 23.6 Å². The van der Waals surface area contributed by atoms with E-state index in [2.05, 4.69) is 14.7 Å². The number of aliphatic imine (C=N–C) groups is 1. The quantitative estimate of drug-likeness (QED) is 0.596. The smallest absolute Gasteiger partial charge is 0.263 e. The average molecular weight is 472 g/mol. The van der Waals surface area contributed by atoms with Gasteiger partial charge in [-0.2, -0.15) is 5.10 Å². The number of rotatable bonds is 8. The second-order valence-electron chi connectivity index (χ2n) is 9.35. The van der Waals surface area contributed by atoms with Crippen LogP contribution in [0.4, 0.5) is 5.69 Å². The SMILES string of the molecule is Cn1cc(CN2C(=O)c3cc(S(=O)(=O)NC4(C)CC4)ccc3N3C2=NC[C@H]3CCCN)cn1. The number of nitrogens with zero attached hydrogens (tertiary/aromatic N) is 5. The minimum atomic E-state index is -3.73. The molecule has 10 nitrogen and oxygen atoms in total. The number of anilines is 1. The topological polar surface area (TPSA) is 126 Å². The molecule has 5 rings (SSSR count). The summed E-state index contributed by atoms with van der Waals surface area (Å²) in [5, 5.41) is 4.20. The molecule has 11 heteroatoms. The molecule has 1 aliphatic carbocycles. The second kappa shape index (κ2) is 7.93. The predicted octanol–water partition coefficient (Wildman–Crippen LogP) is 1.19. The van der Waals surface area contributed by atoms with Gasteiger partial charge in [0, 0.05) is 24.3 Å². The summed E-state index contributed by atoms with van der Waals surface area (Å²) < 4.78 is 30.4. The van der Waals surface area contributed by atoms with Crippen LogP contribution in [0.15, 0.2) is 40.5 Å². The Kier molecular flexibility index (Phi) is 5.30. The summed E-state index contributed by atoms with van der Waals surface area (Å²) >= 11 is 0. The maximum Gasteiger partial charge on any atom is 0.263 e. The zero-order valence-electron chi connectivity index (χ0n) is 18.9. The van der Waals surface area contributed by atoms with E-state index in [0.717, 1.165) is 31.2 Å². The van der Waals surface area contributed by atoms with E-state index >= 15 is 0 Å². The molecule has 2 aromatic rings. The maximum absolute atomic E-state index is 13.6. The van der Waals surface area contributed by atoms with Gasteiger partial charge in [-0.3, -0.25) is 19.4 Å². The number of guanidine groups is 1. The molecule has 3 heterocycles. The van der Waals surface area contributed by atoms with Crippen molar-refractivity contribution in [2.45, 2.75) is 55.6 Å². The highest BCUT2D eigenvalue weighted by atomic mass is 32.2. The van der Waals surface area contributed by atoms with Crippen molar-refractivity contribution in [1.29, 1.82) is 0 Å². The molecular formula is C22H29N7O3S. The number of nitrogens with two attached hydrogens (primary N) is 1. The number of carbonyl (C=O) groups excluding carboxylic acids is 1. The number of aryl methyl sites for hydroxylation is 1. The van der Waals surface area contributed by atoms with Crippen LogP contribution in [0.2, 0.25) is 0 Å². The highest BCUT2D eigenvalue weighted by Crippen LogP contribution is 2.38. The third kappa shape index (κ3) is 4.04. The molecule has 1 aromatic carbocycles. The first kappa shape index (κ1) is 22.1. The number of amides is 1. The Bertz CT molecular complexity index is 1230. The molecule has 3 N–H and O–H groups in total. The Morgan fingerprint density at radius 1 is 1.30 bits per heavy atom. The normalized spacial score (nSPS) is 21.1. The molecule has 3 aliphatic rings. The van der Waals surface area contributed by atoms with Crippen molar-refractivity contribution in [3.8, 4) is 0 Å². The van der Waals surface area contributed by atoms with Gasteiger partial charge >= 0.3 is 0 Å². The van der Waals surface area contributed by atoms with Gasteiger partial charge in [0.2, 0.25) is 16.0 Å². The molecule has 2 aliphatic heterocycles. The molecular weight excluding hydrogens is 442 g/mol. The van der Waals surface area contributed by atoms with Crippen LogP contribution in [0.5, 0.6) is 0 Å². The lowest BCUT2D eigenvalue weighted by Crippen LogP contribution is -2.52. The number of fused-ring (bicyclic) bond motifs is 3. The van der Waals surface area contributed by atoms with Crippen molar-refractivity contribution < 1.29 is 13.2 Å². The van der Waals surface area contributed by atoms with Crippen LogP contribution in [0, 0.1) is 0 Å². The maximum atomic E-state index is 13.6. The largest absolute Gasteiger partial charge is 0.330 e. The Morgan fingerprint density at radius 2 is 2.09 bits per heavy atom. The molecule has 0 saturated heterocycles. The zero-order valence-corrected chi connectivity index (χ0v) is 19.7. The first-order valence-electron chi connectivity index (χ1n) is 11.2. The predicted molar refractivity (Wildman–Crippen MR) is 124 cm³/mol. The summed E-state index contributed by atoms with van der Waals surface area (Å²) in [7, 11) is -1.91. The van der Waals surface area contributed by atoms with Crippen LogP contribution >= 0.6 is 0 Å². The molecule has 0 bridgehead atoms. The van der Waals surface area contributed by atoms with Crippen LogP contribution in [0.1, 0.15) is 48.5 Å². The Morgan fingerprint density at radius 3 is 2.76 bits per heavy atom. The van der Waals surface area contributed by atoms with E-state index in [1.807, 2.05) is 20.2 Å². The van der Waals surface area contributed by atoms with E-state index in [9.17, 15) is 13.2 Å². The van der Waals surface area contributed by atoms with Crippen molar-refractivity contribution in [2.75, 3.05) is 18.0 Å². The van der Waals surface area contributed by atoms with Gasteiger partial charge in [0.05, 0.1) is 41.5 Å². The number of hydrogen-bond donors (Lipinski definition) is 2. The molecule has 0 radical (unpaired) electrons. The summed E-state index contributed by atoms with van der Waals surface area (Å²) in [5.74, 6) is 0.329. The Balaban J connectivity index is 1.54. The van der Waals surface area contributed by atoms with Crippen LogP contribution in [0.3, 0.4) is 0 Å². The Hall–Kier alpha value is -2.76. The molecule has 0 unspecified atom stereocenters. The highest BCUT2D eigenvalue weighted by Gasteiger charge is 2.44. The van der Waals surface area contributed by atoms with Crippen molar-refractivity contribution in [3.05, 3.63) is 41.7 Å². The van der Waals surface area contributed by atoms with E-state index in [1.54, 1.807) is 27.9 Å². The molecule has 1 fully saturated rings. The van der Waals surface area contributed by atoms with Crippen molar-refractivity contribution in [3.63, 3.8) is 0 Å². The third-order valence-corrected chi connectivity index (χ3v) is 8.14. The zero-order chi connectivity index (χ0) is 23.4. The second-order valence-corrected chi connectivity index (χ2v) is 11.0. The summed E-state index contributed by atoms with van der Waals surface area (Å²) in [4.78, 5) is 22.1. The van der Waals surface area contributed by atoms with Crippen molar-refractivity contribution in [2.24, 2.45) is 17.8 Å². The number of hydrogen-bond acceptors (Lipinski definition) is 7. The molecule has 1 amide bonds. The molecule has 1 saturated carbocycles. The summed E-state index contributed by atoms with van der Waals surface area (Å²) in [6.07, 6.45) is 6.87. The lowest BCUT2D eigenvalue weighted by molar-refractivity contribution is 0.0832. The van der Waals surface area contributed by atoms with Crippen LogP contribution < -0.4 is 15.4 Å². The number of carbonyl (C=O) groups is 1. The minimum absolute atomic E-state index is 0.0674. The summed E-state index contributed by atoms with van der Waals surface area (Å²) in [6.45, 7) is 3.33. The molecule has 33 heavy (non-hydrogen) atoms. The Labute approximate surface area is 193 Å². The average Bonchev–Trinajstić information content (AvgIpc) is 3.15. The van der Waals surface area contributed by atoms with Crippen LogP contribution in [0.25, 0.3) is 0 Å². The molecule has 176 valence electrons. The van der Waals surface area contributed by atoms with E-state index in [1.165, 1.54) is 6.07 Å². The summed E-state index contributed by atoms with van der Waals surface area (Å²) in [5.41, 5.74) is 7.27. The van der Waals surface area contributed by atoms with Gasteiger partial charge in [0.15, 0.2) is 0 Å². The van der Waals surface area contributed by atoms with Gasteiger partial charge < -0.3 is 10.6 Å². The monoisotopic (exact) mass is 471 g/mol. The van der Waals surface area contributed by atoms with E-state index in [-0.39, 0.29) is 16.8 Å². The minimum Gasteiger partial charge on any atom is -0.330 e. The fourth-order valence-corrected chi connectivity index (χ4v) is 5.94. The lowest BCUT2D eigenvalue weighted by Gasteiger charge is -2.38. The van der Waals surface area contributed by atoms with Crippen molar-refractivity contribution >= 4 is 27.6 Å². The van der Waals surface area contributed by atoms with Gasteiger partial charge in [-0.15, -0.1) is 0 Å². The van der Waals surface area contributed by atoms with Gasteiger partial charge in [-0.25, -0.2) is 13.1 Å². The number of sulfonamides is 1. The lowest BCUT2D eigenvalue weighted by atomic mass is 10.0. The van der Waals surface area contributed by atoms with E-state index in [0.29, 0.717) is 36.8 Å². The molecule has 1 atom stereocenters. The number of nitrogens with one attached hydrogen (secondary N) is 1. The first-order valence-corrected chi connectivity index (χ1v) is 12.7. The molecule has 1 aromatic heterocycles. The molecule has 0 spiro atoms. The first-order chi connectivity index (χ1) is 15.7. The fraction of sp³-hybridized carbons (Fsp3) is 0.500. The standard InChI is InChI=1S/C22H29N7O3S/c1-22(7-8-22)26-33(31,32)17-5-6-19-18(10-17)20(30)28(14-15-11-25-27(2)13-15)21-24-12-16(29(19)21)4-3-9-23/h5-6,10-11,13,16,26H,3-4,7-9,12,14,23H2,1-2H3/t16-/m1/s1. The summed E-state index contributed by atoms with van der Waals surface area (Å²) in [6, 6.07) is 4.87. The number of aromatic nitrogens is 2. The van der Waals surface area contributed by atoms with E-state index in [4.69, 9.17) is 10.7 Å². The van der Waals surface area contributed by atoms with Gasteiger partial charge in [0.1, 0.15) is 0 Å². The van der Waals surface area contributed by atoms with Crippen molar-refractivity contribution in [1.82, 2.24) is 19.4 Å². The van der Waals surface area contributed by atoms with Gasteiger partial charge in [0.25, 0.3) is 5.91 Å². The fourth-order valence-electron chi connectivity index (χ4n) is 4.45. The number of benzene rings is 1. The van der Waals surface area contributed by atoms with Gasteiger partial charge in [-0.05, 0) is 57.4 Å².